The van der Waals surface area contributed by atoms with Crippen molar-refractivity contribution in [1.82, 2.24) is 0 Å². The number of aliphatic hydroxyl groups excluding tert-OH is 1. The summed E-state index contributed by atoms with van der Waals surface area (Å²) in [7, 11) is 0. The van der Waals surface area contributed by atoms with E-state index in [1.807, 2.05) is 19.1 Å². The summed E-state index contributed by atoms with van der Waals surface area (Å²) in [5.74, 6) is 0. The van der Waals surface area contributed by atoms with Gasteiger partial charge in [-0.1, -0.05) is 50.3 Å². The highest BCUT2D eigenvalue weighted by atomic mass is 35.5. The van der Waals surface area contributed by atoms with E-state index in [1.54, 1.807) is 0 Å². The molecule has 0 aliphatic rings. The summed E-state index contributed by atoms with van der Waals surface area (Å²) in [6, 6.07) is 3.96. The first kappa shape index (κ1) is 14.5. The van der Waals surface area contributed by atoms with E-state index in [9.17, 15) is 5.11 Å². The molecule has 1 atom stereocenters. The molecule has 0 aromatic heterocycles. The summed E-state index contributed by atoms with van der Waals surface area (Å²) < 4.78 is 0. The predicted molar refractivity (Wildman–Crippen MR) is 74.6 cm³/mol. The SMILES string of the molecule is CCCCCCC(O)c1cc(C)c(C)cc1Cl. The molecule has 0 spiro atoms. The number of halogens is 1. The van der Waals surface area contributed by atoms with Crippen LogP contribution in [0.2, 0.25) is 5.02 Å². The van der Waals surface area contributed by atoms with Crippen molar-refractivity contribution in [2.75, 3.05) is 0 Å². The van der Waals surface area contributed by atoms with E-state index in [0.29, 0.717) is 5.02 Å². The number of hydrogen-bond donors (Lipinski definition) is 1. The lowest BCUT2D eigenvalue weighted by Crippen LogP contribution is -2.00. The maximum atomic E-state index is 10.1. The molecule has 0 heterocycles. The van der Waals surface area contributed by atoms with Gasteiger partial charge in [0, 0.05) is 5.02 Å². The van der Waals surface area contributed by atoms with Crippen molar-refractivity contribution in [2.24, 2.45) is 0 Å². The molecule has 2 heteroatoms. The Labute approximate surface area is 110 Å². The molecule has 0 saturated heterocycles. The third-order valence-electron chi connectivity index (χ3n) is 3.30. The van der Waals surface area contributed by atoms with Crippen LogP contribution >= 0.6 is 11.6 Å². The number of benzene rings is 1. The fraction of sp³-hybridized carbons (Fsp3) is 0.600. The van der Waals surface area contributed by atoms with Crippen LogP contribution in [0.25, 0.3) is 0 Å². The fourth-order valence-electron chi connectivity index (χ4n) is 1.98. The van der Waals surface area contributed by atoms with E-state index in [4.69, 9.17) is 11.6 Å². The first-order valence-corrected chi connectivity index (χ1v) is 6.88. The summed E-state index contributed by atoms with van der Waals surface area (Å²) in [6.45, 7) is 6.29. The largest absolute Gasteiger partial charge is 0.388 e. The number of aliphatic hydroxyl groups is 1. The van der Waals surface area contributed by atoms with Gasteiger partial charge in [0.25, 0.3) is 0 Å². The normalized spacial score (nSPS) is 12.8. The van der Waals surface area contributed by atoms with E-state index in [2.05, 4.69) is 13.8 Å². The Morgan fingerprint density at radius 1 is 1.12 bits per heavy atom. The summed E-state index contributed by atoms with van der Waals surface area (Å²) in [4.78, 5) is 0. The standard InChI is InChI=1S/C15H23ClO/c1-4-5-6-7-8-15(17)13-9-11(2)12(3)10-14(13)16/h9-10,15,17H,4-8H2,1-3H3. The number of unbranched alkanes of at least 4 members (excludes halogenated alkanes) is 3. The fourth-order valence-corrected chi connectivity index (χ4v) is 2.32. The molecular formula is C15H23ClO. The number of rotatable bonds is 6. The summed E-state index contributed by atoms with van der Waals surface area (Å²) in [6.07, 6.45) is 5.11. The van der Waals surface area contributed by atoms with E-state index in [0.717, 1.165) is 18.4 Å². The van der Waals surface area contributed by atoms with Gasteiger partial charge in [-0.3, -0.25) is 0 Å². The van der Waals surface area contributed by atoms with Gasteiger partial charge in [-0.15, -0.1) is 0 Å². The zero-order valence-electron chi connectivity index (χ0n) is 11.1. The molecule has 1 unspecified atom stereocenters. The van der Waals surface area contributed by atoms with Crippen molar-refractivity contribution >= 4 is 11.6 Å². The lowest BCUT2D eigenvalue weighted by Gasteiger charge is -2.14. The topological polar surface area (TPSA) is 20.2 Å². The van der Waals surface area contributed by atoms with Gasteiger partial charge in [-0.05, 0) is 43.0 Å². The molecule has 1 rings (SSSR count). The van der Waals surface area contributed by atoms with Gasteiger partial charge in [-0.25, -0.2) is 0 Å². The van der Waals surface area contributed by atoms with Crippen molar-refractivity contribution in [3.05, 3.63) is 33.8 Å². The molecule has 1 aromatic carbocycles. The highest BCUT2D eigenvalue weighted by Gasteiger charge is 2.12. The summed E-state index contributed by atoms with van der Waals surface area (Å²) >= 11 is 6.18. The third-order valence-corrected chi connectivity index (χ3v) is 3.63. The zero-order chi connectivity index (χ0) is 12.8. The molecule has 1 nitrogen and oxygen atoms in total. The quantitative estimate of drug-likeness (QED) is 0.712. The maximum absolute atomic E-state index is 10.1. The molecule has 17 heavy (non-hydrogen) atoms. The first-order chi connectivity index (χ1) is 8.06. The van der Waals surface area contributed by atoms with Crippen molar-refractivity contribution < 1.29 is 5.11 Å². The number of hydrogen-bond acceptors (Lipinski definition) is 1. The Morgan fingerprint density at radius 3 is 2.41 bits per heavy atom. The molecule has 1 aromatic rings. The Morgan fingerprint density at radius 2 is 1.76 bits per heavy atom. The third kappa shape index (κ3) is 4.33. The van der Waals surface area contributed by atoms with Crippen LogP contribution in [0, 0.1) is 13.8 Å². The maximum Gasteiger partial charge on any atom is 0.0804 e. The smallest absolute Gasteiger partial charge is 0.0804 e. The molecule has 0 fully saturated rings. The Hall–Kier alpha value is -0.530. The molecule has 0 aliphatic carbocycles. The minimum atomic E-state index is -0.418. The van der Waals surface area contributed by atoms with Crippen LogP contribution in [0.1, 0.15) is 61.8 Å². The van der Waals surface area contributed by atoms with Crippen molar-refractivity contribution in [1.29, 1.82) is 0 Å². The minimum Gasteiger partial charge on any atom is -0.388 e. The van der Waals surface area contributed by atoms with E-state index in [1.165, 1.54) is 30.4 Å². The van der Waals surface area contributed by atoms with Crippen LogP contribution in [0.15, 0.2) is 12.1 Å². The zero-order valence-corrected chi connectivity index (χ0v) is 11.8. The first-order valence-electron chi connectivity index (χ1n) is 6.51. The van der Waals surface area contributed by atoms with Crippen LogP contribution in [-0.2, 0) is 0 Å². The van der Waals surface area contributed by atoms with Crippen LogP contribution in [0.4, 0.5) is 0 Å². The van der Waals surface area contributed by atoms with Gasteiger partial charge in [0.15, 0.2) is 0 Å². The van der Waals surface area contributed by atoms with E-state index < -0.39 is 6.10 Å². The summed E-state index contributed by atoms with van der Waals surface area (Å²) in [5.41, 5.74) is 3.25. The van der Waals surface area contributed by atoms with Crippen LogP contribution < -0.4 is 0 Å². The molecular weight excluding hydrogens is 232 g/mol. The van der Waals surface area contributed by atoms with Crippen molar-refractivity contribution in [2.45, 2.75) is 59.0 Å². The van der Waals surface area contributed by atoms with Crippen LogP contribution in [0.3, 0.4) is 0 Å². The van der Waals surface area contributed by atoms with Crippen molar-refractivity contribution in [3.8, 4) is 0 Å². The Bertz CT molecular complexity index is 360. The molecule has 0 saturated carbocycles. The monoisotopic (exact) mass is 254 g/mol. The molecule has 0 amide bonds. The highest BCUT2D eigenvalue weighted by molar-refractivity contribution is 6.31. The second-order valence-electron chi connectivity index (χ2n) is 4.82. The Balaban J connectivity index is 2.62. The van der Waals surface area contributed by atoms with Gasteiger partial charge in [0.1, 0.15) is 0 Å². The predicted octanol–water partition coefficient (Wildman–Crippen LogP) is 4.96. The Kier molecular flexibility index (Phi) is 6.01. The van der Waals surface area contributed by atoms with Crippen LogP contribution in [0.5, 0.6) is 0 Å². The number of aryl methyl sites for hydroxylation is 2. The lowest BCUT2D eigenvalue weighted by atomic mass is 9.99. The molecule has 0 bridgehead atoms. The van der Waals surface area contributed by atoms with Gasteiger partial charge in [0.2, 0.25) is 0 Å². The van der Waals surface area contributed by atoms with Gasteiger partial charge >= 0.3 is 0 Å². The van der Waals surface area contributed by atoms with Gasteiger partial charge in [-0.2, -0.15) is 0 Å². The second kappa shape index (κ2) is 7.03. The van der Waals surface area contributed by atoms with Crippen molar-refractivity contribution in [3.63, 3.8) is 0 Å². The van der Waals surface area contributed by atoms with Crippen LogP contribution in [-0.4, -0.2) is 5.11 Å². The average Bonchev–Trinajstić information content (AvgIpc) is 2.29. The minimum absolute atomic E-state index is 0.418. The van der Waals surface area contributed by atoms with E-state index in [-0.39, 0.29) is 0 Å². The molecule has 0 radical (unpaired) electrons. The van der Waals surface area contributed by atoms with E-state index >= 15 is 0 Å². The van der Waals surface area contributed by atoms with Gasteiger partial charge in [0.05, 0.1) is 6.10 Å². The second-order valence-corrected chi connectivity index (χ2v) is 5.23. The molecule has 1 N–H and O–H groups in total. The van der Waals surface area contributed by atoms with Gasteiger partial charge < -0.3 is 5.11 Å². The molecule has 0 aliphatic heterocycles. The lowest BCUT2D eigenvalue weighted by molar-refractivity contribution is 0.163. The average molecular weight is 255 g/mol. The highest BCUT2D eigenvalue weighted by Crippen LogP contribution is 2.29. The summed E-state index contributed by atoms with van der Waals surface area (Å²) in [5, 5.41) is 10.8. The molecule has 96 valence electrons.